The molecule has 1 aromatic heterocycles. The lowest BCUT2D eigenvalue weighted by Gasteiger charge is -2.42. The Morgan fingerprint density at radius 3 is 2.36 bits per heavy atom. The first-order valence-corrected chi connectivity index (χ1v) is 12.1. The van der Waals surface area contributed by atoms with E-state index >= 15 is 0 Å². The predicted octanol–water partition coefficient (Wildman–Crippen LogP) is 5.22. The van der Waals surface area contributed by atoms with E-state index in [0.717, 1.165) is 12.2 Å². The summed E-state index contributed by atoms with van der Waals surface area (Å²) in [6.07, 6.45) is 3.87. The second-order valence-electron chi connectivity index (χ2n) is 11.4. The average Bonchev–Trinajstić information content (AvgIpc) is 3.41. The van der Waals surface area contributed by atoms with Gasteiger partial charge in [-0.1, -0.05) is 39.8 Å². The SMILES string of the molecule is CC(=O)N(C)C1CCN(C(=O)c2ccc(Cc3cc4c(cc3C)C(C)(C)CCC4(C)C)o2)C1. The molecule has 33 heavy (non-hydrogen) atoms. The third-order valence-electron chi connectivity index (χ3n) is 8.04. The van der Waals surface area contributed by atoms with E-state index in [1.54, 1.807) is 29.8 Å². The first-order valence-electron chi connectivity index (χ1n) is 12.1. The lowest BCUT2D eigenvalue weighted by atomic mass is 9.62. The van der Waals surface area contributed by atoms with Crippen molar-refractivity contribution >= 4 is 11.8 Å². The van der Waals surface area contributed by atoms with Crippen molar-refractivity contribution in [3.8, 4) is 0 Å². The number of likely N-dealkylation sites (N-methyl/N-ethyl adjacent to an activating group) is 1. The molecular formula is C28H38N2O3. The molecule has 2 amide bonds. The number of rotatable bonds is 4. The van der Waals surface area contributed by atoms with Crippen LogP contribution in [0.15, 0.2) is 28.7 Å². The van der Waals surface area contributed by atoms with Crippen molar-refractivity contribution in [1.29, 1.82) is 0 Å². The molecule has 0 bridgehead atoms. The van der Waals surface area contributed by atoms with Gasteiger partial charge in [0.15, 0.2) is 5.76 Å². The number of carbonyl (C=O) groups is 2. The molecule has 1 fully saturated rings. The van der Waals surface area contributed by atoms with Crippen molar-refractivity contribution in [3.63, 3.8) is 0 Å². The van der Waals surface area contributed by atoms with Crippen LogP contribution in [-0.4, -0.2) is 47.8 Å². The fourth-order valence-corrected chi connectivity index (χ4v) is 5.39. The number of carbonyl (C=O) groups excluding carboxylic acids is 2. The van der Waals surface area contributed by atoms with Gasteiger partial charge in [0.25, 0.3) is 5.91 Å². The second kappa shape index (κ2) is 8.34. The summed E-state index contributed by atoms with van der Waals surface area (Å²) in [5, 5.41) is 0. The fourth-order valence-electron chi connectivity index (χ4n) is 5.39. The average molecular weight is 451 g/mol. The highest BCUT2D eigenvalue weighted by atomic mass is 16.4. The van der Waals surface area contributed by atoms with Crippen LogP contribution in [0, 0.1) is 6.92 Å². The molecule has 1 aliphatic carbocycles. The van der Waals surface area contributed by atoms with Crippen molar-refractivity contribution < 1.29 is 14.0 Å². The van der Waals surface area contributed by atoms with Crippen molar-refractivity contribution in [1.82, 2.24) is 9.80 Å². The quantitative estimate of drug-likeness (QED) is 0.642. The van der Waals surface area contributed by atoms with Gasteiger partial charge in [-0.05, 0) is 71.4 Å². The molecule has 0 radical (unpaired) electrons. The van der Waals surface area contributed by atoms with Crippen LogP contribution in [0.2, 0.25) is 0 Å². The zero-order valence-corrected chi connectivity index (χ0v) is 21.2. The van der Waals surface area contributed by atoms with Gasteiger partial charge in [0.2, 0.25) is 5.91 Å². The number of likely N-dealkylation sites (tertiary alicyclic amines) is 1. The molecule has 5 nitrogen and oxygen atoms in total. The van der Waals surface area contributed by atoms with Gasteiger partial charge < -0.3 is 14.2 Å². The molecule has 4 rings (SSSR count). The Labute approximate surface area is 198 Å². The first-order chi connectivity index (χ1) is 15.4. The normalized spacial score (nSPS) is 21.1. The number of nitrogens with zero attached hydrogens (tertiary/aromatic N) is 2. The van der Waals surface area contributed by atoms with E-state index < -0.39 is 0 Å². The highest BCUT2D eigenvalue weighted by Gasteiger charge is 2.37. The summed E-state index contributed by atoms with van der Waals surface area (Å²) in [4.78, 5) is 28.2. The van der Waals surface area contributed by atoms with E-state index in [9.17, 15) is 9.59 Å². The van der Waals surface area contributed by atoms with Gasteiger partial charge in [-0.15, -0.1) is 0 Å². The second-order valence-corrected chi connectivity index (χ2v) is 11.4. The molecule has 2 heterocycles. The molecule has 0 N–H and O–H groups in total. The fraction of sp³-hybridized carbons (Fsp3) is 0.571. The molecule has 5 heteroatoms. The molecule has 1 aromatic carbocycles. The summed E-state index contributed by atoms with van der Waals surface area (Å²) >= 11 is 0. The molecule has 1 unspecified atom stereocenters. The van der Waals surface area contributed by atoms with Crippen LogP contribution in [0.4, 0.5) is 0 Å². The highest BCUT2D eigenvalue weighted by molar-refractivity contribution is 5.91. The Hall–Kier alpha value is -2.56. The lowest BCUT2D eigenvalue weighted by Crippen LogP contribution is -2.38. The number of hydrogen-bond donors (Lipinski definition) is 0. The Bertz CT molecular complexity index is 1080. The van der Waals surface area contributed by atoms with E-state index in [2.05, 4.69) is 46.8 Å². The molecular weight excluding hydrogens is 412 g/mol. The van der Waals surface area contributed by atoms with E-state index in [4.69, 9.17) is 4.42 Å². The monoisotopic (exact) mass is 450 g/mol. The smallest absolute Gasteiger partial charge is 0.289 e. The van der Waals surface area contributed by atoms with Crippen molar-refractivity contribution in [2.24, 2.45) is 0 Å². The van der Waals surface area contributed by atoms with Crippen LogP contribution in [0.25, 0.3) is 0 Å². The molecule has 1 aliphatic heterocycles. The Kier molecular flexibility index (Phi) is 5.96. The Balaban J connectivity index is 1.52. The van der Waals surface area contributed by atoms with Crippen molar-refractivity contribution in [3.05, 3.63) is 58.0 Å². The number of aryl methyl sites for hydroxylation is 1. The first kappa shape index (κ1) is 23.6. The Morgan fingerprint density at radius 2 is 1.73 bits per heavy atom. The molecule has 2 aliphatic rings. The van der Waals surface area contributed by atoms with E-state index in [1.807, 2.05) is 6.07 Å². The van der Waals surface area contributed by atoms with Gasteiger partial charge in [-0.2, -0.15) is 0 Å². The summed E-state index contributed by atoms with van der Waals surface area (Å²) in [5.74, 6) is 1.13. The van der Waals surface area contributed by atoms with Gasteiger partial charge in [-0.3, -0.25) is 9.59 Å². The van der Waals surface area contributed by atoms with Crippen LogP contribution < -0.4 is 0 Å². The zero-order chi connectivity index (χ0) is 24.1. The Morgan fingerprint density at radius 1 is 1.09 bits per heavy atom. The molecule has 1 saturated heterocycles. The topological polar surface area (TPSA) is 53.8 Å². The van der Waals surface area contributed by atoms with E-state index in [-0.39, 0.29) is 28.7 Å². The van der Waals surface area contributed by atoms with Crippen LogP contribution in [-0.2, 0) is 22.0 Å². The minimum Gasteiger partial charge on any atom is -0.456 e. The number of fused-ring (bicyclic) bond motifs is 1. The maximum atomic E-state index is 13.0. The summed E-state index contributed by atoms with van der Waals surface area (Å²) in [6, 6.07) is 8.54. The molecule has 1 atom stereocenters. The standard InChI is InChI=1S/C28H38N2O3/c1-18-14-23-24(28(5,6)12-11-27(23,3)4)16-20(18)15-22-8-9-25(33-22)26(32)30-13-10-21(17-30)29(7)19(2)31/h8-9,14,16,21H,10-13,15,17H2,1-7H3. The van der Waals surface area contributed by atoms with Crippen LogP contribution in [0.3, 0.4) is 0 Å². The minimum absolute atomic E-state index is 0.0292. The predicted molar refractivity (Wildman–Crippen MR) is 131 cm³/mol. The summed E-state index contributed by atoms with van der Waals surface area (Å²) in [5.41, 5.74) is 5.81. The zero-order valence-electron chi connectivity index (χ0n) is 21.2. The summed E-state index contributed by atoms with van der Waals surface area (Å²) < 4.78 is 6.03. The van der Waals surface area contributed by atoms with Gasteiger partial charge in [-0.25, -0.2) is 0 Å². The number of hydrogen-bond acceptors (Lipinski definition) is 3. The van der Waals surface area contributed by atoms with Gasteiger partial charge >= 0.3 is 0 Å². The largest absolute Gasteiger partial charge is 0.456 e. The molecule has 0 spiro atoms. The van der Waals surface area contributed by atoms with Crippen LogP contribution >= 0.6 is 0 Å². The van der Waals surface area contributed by atoms with Crippen molar-refractivity contribution in [2.75, 3.05) is 20.1 Å². The summed E-state index contributed by atoms with van der Waals surface area (Å²) in [6.45, 7) is 14.3. The number of benzene rings is 1. The highest BCUT2D eigenvalue weighted by Crippen LogP contribution is 2.46. The minimum atomic E-state index is -0.0919. The number of furan rings is 1. The van der Waals surface area contributed by atoms with E-state index in [1.165, 1.54) is 35.1 Å². The van der Waals surface area contributed by atoms with Gasteiger partial charge in [0, 0.05) is 33.5 Å². The maximum Gasteiger partial charge on any atom is 0.289 e. The molecule has 2 aromatic rings. The van der Waals surface area contributed by atoms with Gasteiger partial charge in [0.05, 0.1) is 6.04 Å². The molecule has 0 saturated carbocycles. The van der Waals surface area contributed by atoms with E-state index in [0.29, 0.717) is 25.3 Å². The van der Waals surface area contributed by atoms with Crippen LogP contribution in [0.1, 0.15) is 92.4 Å². The third-order valence-corrected chi connectivity index (χ3v) is 8.04. The third kappa shape index (κ3) is 4.47. The van der Waals surface area contributed by atoms with Crippen molar-refractivity contribution in [2.45, 2.75) is 84.1 Å². The lowest BCUT2D eigenvalue weighted by molar-refractivity contribution is -0.129. The molecule has 178 valence electrons. The number of amides is 2. The van der Waals surface area contributed by atoms with Gasteiger partial charge in [0.1, 0.15) is 5.76 Å². The summed E-state index contributed by atoms with van der Waals surface area (Å²) in [7, 11) is 1.80. The van der Waals surface area contributed by atoms with Crippen LogP contribution in [0.5, 0.6) is 0 Å². The maximum absolute atomic E-state index is 13.0.